The molecular weight excluding hydrogens is 396 g/mol. The molecule has 0 bridgehead atoms. The van der Waals surface area contributed by atoms with Crippen LogP contribution in [0.5, 0.6) is 0 Å². The molecule has 0 unspecified atom stereocenters. The molecule has 0 radical (unpaired) electrons. The molecular formula is C23H30N4O2S. The predicted molar refractivity (Wildman–Crippen MR) is 124 cm³/mol. The van der Waals surface area contributed by atoms with Crippen LogP contribution in [-0.4, -0.2) is 61.6 Å². The van der Waals surface area contributed by atoms with Crippen LogP contribution < -0.4 is 0 Å². The molecule has 0 saturated heterocycles. The number of aromatic amines is 1. The zero-order chi connectivity index (χ0) is 21.2. The Morgan fingerprint density at radius 3 is 2.83 bits per heavy atom. The fourth-order valence-electron chi connectivity index (χ4n) is 3.63. The molecule has 3 aromatic heterocycles. The summed E-state index contributed by atoms with van der Waals surface area (Å²) in [5.41, 5.74) is 2.84. The number of ether oxygens (including phenoxy) is 1. The Kier molecular flexibility index (Phi) is 5.92. The van der Waals surface area contributed by atoms with E-state index in [1.165, 1.54) is 0 Å². The zero-order valence-corrected chi connectivity index (χ0v) is 18.8. The van der Waals surface area contributed by atoms with Gasteiger partial charge < -0.3 is 14.8 Å². The van der Waals surface area contributed by atoms with E-state index in [1.807, 2.05) is 29.3 Å². The zero-order valence-electron chi connectivity index (χ0n) is 17.9. The van der Waals surface area contributed by atoms with Crippen LogP contribution in [-0.2, 0) is 11.5 Å². The molecule has 1 saturated carbocycles. The number of aromatic nitrogens is 4. The van der Waals surface area contributed by atoms with Gasteiger partial charge in [-0.05, 0) is 56.4 Å². The van der Waals surface area contributed by atoms with Crippen molar-refractivity contribution in [2.75, 3.05) is 31.1 Å². The van der Waals surface area contributed by atoms with Gasteiger partial charge in [0.25, 0.3) is 0 Å². The Morgan fingerprint density at radius 1 is 1.27 bits per heavy atom. The van der Waals surface area contributed by atoms with E-state index in [0.717, 1.165) is 60.1 Å². The van der Waals surface area contributed by atoms with Crippen LogP contribution in [0.2, 0.25) is 0 Å². The molecule has 0 spiro atoms. The number of pyridine rings is 1. The van der Waals surface area contributed by atoms with Crippen molar-refractivity contribution in [2.45, 2.75) is 38.0 Å². The second-order valence-electron chi connectivity index (χ2n) is 8.91. The summed E-state index contributed by atoms with van der Waals surface area (Å²) >= 11 is 0. The maximum Gasteiger partial charge on any atom is 0.139 e. The first-order chi connectivity index (χ1) is 14.3. The van der Waals surface area contributed by atoms with Crippen LogP contribution >= 0.6 is 10.0 Å². The fraction of sp³-hybridized carbons (Fsp3) is 0.478. The lowest BCUT2D eigenvalue weighted by Crippen LogP contribution is -2.20. The van der Waals surface area contributed by atoms with Gasteiger partial charge in [0.05, 0.1) is 24.5 Å². The fourth-order valence-corrected chi connectivity index (χ4v) is 4.25. The Morgan fingerprint density at radius 2 is 2.07 bits per heavy atom. The summed E-state index contributed by atoms with van der Waals surface area (Å²) in [6, 6.07) is 1.98. The third-order valence-electron chi connectivity index (χ3n) is 5.43. The van der Waals surface area contributed by atoms with E-state index in [0.29, 0.717) is 12.4 Å². The summed E-state index contributed by atoms with van der Waals surface area (Å²) in [5, 5.41) is 16.0. The van der Waals surface area contributed by atoms with Gasteiger partial charge in [-0.25, -0.2) is 19.7 Å². The number of hydrogen-bond donors (Lipinski definition) is 2. The van der Waals surface area contributed by atoms with Gasteiger partial charge in [0.15, 0.2) is 0 Å². The van der Waals surface area contributed by atoms with E-state index in [-0.39, 0.29) is 0 Å². The Balaban J connectivity index is 1.49. The largest absolute Gasteiger partial charge is 0.378 e. The van der Waals surface area contributed by atoms with Crippen LogP contribution in [0.4, 0.5) is 0 Å². The summed E-state index contributed by atoms with van der Waals surface area (Å²) in [4.78, 5) is 7.70. The van der Waals surface area contributed by atoms with Gasteiger partial charge in [-0.2, -0.15) is 5.10 Å². The molecule has 30 heavy (non-hydrogen) atoms. The first kappa shape index (κ1) is 21.0. The van der Waals surface area contributed by atoms with Gasteiger partial charge in [0, 0.05) is 34.7 Å². The molecule has 0 atom stereocenters. The lowest BCUT2D eigenvalue weighted by molar-refractivity contribution is 0.0809. The molecule has 160 valence electrons. The van der Waals surface area contributed by atoms with Gasteiger partial charge in [-0.15, -0.1) is 0 Å². The number of fused-ring (bicyclic) bond motifs is 1. The van der Waals surface area contributed by atoms with E-state index in [9.17, 15) is 5.11 Å². The second kappa shape index (κ2) is 8.46. The van der Waals surface area contributed by atoms with Crippen molar-refractivity contribution in [2.24, 2.45) is 0 Å². The second-order valence-corrected chi connectivity index (χ2v) is 13.5. The molecule has 1 fully saturated rings. The SMILES string of the molecule is CS(C)(C)CCOCn1cc(-c2c[nH]c3cnc(C#CC4(O)CCCC4)cc23)cn1. The minimum Gasteiger partial charge on any atom is -0.378 e. The van der Waals surface area contributed by atoms with E-state index < -0.39 is 15.6 Å². The van der Waals surface area contributed by atoms with E-state index in [4.69, 9.17) is 4.74 Å². The summed E-state index contributed by atoms with van der Waals surface area (Å²) in [7, 11) is -0.543. The average molecular weight is 427 g/mol. The van der Waals surface area contributed by atoms with Gasteiger partial charge >= 0.3 is 0 Å². The monoisotopic (exact) mass is 426 g/mol. The molecule has 1 aliphatic carbocycles. The van der Waals surface area contributed by atoms with Crippen LogP contribution in [0, 0.1) is 11.8 Å². The third kappa shape index (κ3) is 5.07. The van der Waals surface area contributed by atoms with Crippen LogP contribution in [0.15, 0.2) is 30.9 Å². The van der Waals surface area contributed by atoms with Gasteiger partial charge in [0.1, 0.15) is 18.0 Å². The first-order valence-corrected chi connectivity index (χ1v) is 13.3. The molecule has 4 rings (SSSR count). The number of nitrogens with one attached hydrogen (secondary N) is 1. The smallest absolute Gasteiger partial charge is 0.139 e. The van der Waals surface area contributed by atoms with Crippen molar-refractivity contribution < 1.29 is 9.84 Å². The van der Waals surface area contributed by atoms with E-state index in [1.54, 1.807) is 6.20 Å². The molecule has 3 aromatic rings. The highest BCUT2D eigenvalue weighted by Crippen LogP contribution is 2.33. The van der Waals surface area contributed by atoms with Crippen molar-refractivity contribution in [1.29, 1.82) is 0 Å². The molecule has 3 heterocycles. The van der Waals surface area contributed by atoms with E-state index in [2.05, 4.69) is 45.7 Å². The van der Waals surface area contributed by atoms with E-state index >= 15 is 0 Å². The van der Waals surface area contributed by atoms with Gasteiger partial charge in [-0.3, -0.25) is 0 Å². The Labute approximate surface area is 179 Å². The van der Waals surface area contributed by atoms with Crippen LogP contribution in [0.1, 0.15) is 31.4 Å². The van der Waals surface area contributed by atoms with Crippen LogP contribution in [0.25, 0.3) is 22.0 Å². The number of hydrogen-bond acceptors (Lipinski definition) is 4. The summed E-state index contributed by atoms with van der Waals surface area (Å²) < 4.78 is 7.61. The molecule has 1 aliphatic rings. The lowest BCUT2D eigenvalue weighted by atomic mass is 10.0. The predicted octanol–water partition coefficient (Wildman–Crippen LogP) is 3.75. The van der Waals surface area contributed by atoms with Gasteiger partial charge in [0.2, 0.25) is 0 Å². The highest BCUT2D eigenvalue weighted by molar-refractivity contribution is 8.32. The van der Waals surface area contributed by atoms with Crippen molar-refractivity contribution in [3.8, 4) is 23.0 Å². The van der Waals surface area contributed by atoms with Crippen molar-refractivity contribution >= 4 is 20.9 Å². The molecule has 0 amide bonds. The maximum atomic E-state index is 10.5. The summed E-state index contributed by atoms with van der Waals surface area (Å²) in [6.45, 7) is 1.20. The first-order valence-electron chi connectivity index (χ1n) is 10.3. The minimum atomic E-state index is -0.854. The Hall–Kier alpha value is -2.27. The standard InChI is InChI=1S/C23H30N4O2S/c1-30(2,3)11-10-29-17-27-16-18(13-26-27)21-14-25-22-15-24-19(12-20(21)22)6-9-23(28)7-4-5-8-23/h12-16,25,28H,4-5,7-8,10-11,17H2,1-3H3. The minimum absolute atomic E-state index is 0.453. The van der Waals surface area contributed by atoms with Gasteiger partial charge in [-0.1, -0.05) is 5.92 Å². The number of aliphatic hydroxyl groups is 1. The van der Waals surface area contributed by atoms with Crippen molar-refractivity contribution in [3.63, 3.8) is 0 Å². The number of rotatable bonds is 6. The molecule has 7 heteroatoms. The Bertz CT molecular complexity index is 1080. The third-order valence-corrected chi connectivity index (χ3v) is 6.82. The number of nitrogens with zero attached hydrogens (tertiary/aromatic N) is 3. The quantitative estimate of drug-likeness (QED) is 0.465. The normalized spacial score (nSPS) is 16.5. The lowest BCUT2D eigenvalue weighted by Gasteiger charge is -2.24. The summed E-state index contributed by atoms with van der Waals surface area (Å²) in [5.74, 6) is 7.20. The summed E-state index contributed by atoms with van der Waals surface area (Å²) in [6.07, 6.45) is 18.1. The number of H-pyrrole nitrogens is 1. The molecule has 2 N–H and O–H groups in total. The maximum absolute atomic E-state index is 10.5. The van der Waals surface area contributed by atoms with Crippen molar-refractivity contribution in [3.05, 3.63) is 36.5 Å². The molecule has 0 aromatic carbocycles. The topological polar surface area (TPSA) is 76.0 Å². The molecule has 6 nitrogen and oxygen atoms in total. The highest BCUT2D eigenvalue weighted by atomic mass is 32.3. The molecule has 0 aliphatic heterocycles. The van der Waals surface area contributed by atoms with Crippen LogP contribution in [0.3, 0.4) is 0 Å². The average Bonchev–Trinajstić information content (AvgIpc) is 3.42. The van der Waals surface area contributed by atoms with Crippen molar-refractivity contribution in [1.82, 2.24) is 19.7 Å². The highest BCUT2D eigenvalue weighted by Gasteiger charge is 2.28.